The molecule has 6 nitrogen and oxygen atoms in total. The van der Waals surface area contributed by atoms with Crippen LogP contribution in [-0.2, 0) is 10.9 Å². The van der Waals surface area contributed by atoms with E-state index < -0.39 is 11.7 Å². The van der Waals surface area contributed by atoms with Crippen molar-refractivity contribution in [3.8, 4) is 17.2 Å². The van der Waals surface area contributed by atoms with Crippen molar-refractivity contribution >= 4 is 17.1 Å². The Balaban J connectivity index is 1.53. The Morgan fingerprint density at radius 2 is 1.78 bits per heavy atom. The molecule has 0 spiro atoms. The second-order valence-corrected chi connectivity index (χ2v) is 9.01. The number of carbonyl (C=O) groups is 1. The van der Waals surface area contributed by atoms with Crippen LogP contribution in [0.3, 0.4) is 0 Å². The van der Waals surface area contributed by atoms with Gasteiger partial charge in [0.1, 0.15) is 0 Å². The highest BCUT2D eigenvalue weighted by Gasteiger charge is 2.30. The number of hydrogen-bond donors (Lipinski definition) is 0. The Morgan fingerprint density at radius 3 is 2.43 bits per heavy atom. The van der Waals surface area contributed by atoms with Crippen molar-refractivity contribution in [3.63, 3.8) is 0 Å². The molecule has 188 valence electrons. The number of nitriles is 1. The normalized spacial score (nSPS) is 14.4. The van der Waals surface area contributed by atoms with Crippen LogP contribution in [0.2, 0.25) is 0 Å². The van der Waals surface area contributed by atoms with Gasteiger partial charge in [-0.25, -0.2) is 4.52 Å². The summed E-state index contributed by atoms with van der Waals surface area (Å²) >= 11 is 0. The lowest BCUT2D eigenvalue weighted by atomic mass is 9.98. The summed E-state index contributed by atoms with van der Waals surface area (Å²) in [5, 5.41) is 13.5. The van der Waals surface area contributed by atoms with E-state index in [1.807, 2.05) is 6.07 Å². The highest BCUT2D eigenvalue weighted by atomic mass is 19.4. The highest BCUT2D eigenvalue weighted by molar-refractivity contribution is 6.06. The van der Waals surface area contributed by atoms with Gasteiger partial charge in [0.15, 0.2) is 0 Å². The van der Waals surface area contributed by atoms with E-state index in [1.54, 1.807) is 52.1 Å². The predicted molar refractivity (Wildman–Crippen MR) is 132 cm³/mol. The van der Waals surface area contributed by atoms with Gasteiger partial charge in [0.05, 0.1) is 28.9 Å². The molecule has 1 saturated heterocycles. The number of alkyl halides is 3. The van der Waals surface area contributed by atoms with E-state index in [1.165, 1.54) is 12.1 Å². The van der Waals surface area contributed by atoms with Crippen molar-refractivity contribution in [2.24, 2.45) is 5.92 Å². The monoisotopic (exact) mass is 504 g/mol. The molecule has 9 heteroatoms. The van der Waals surface area contributed by atoms with E-state index in [9.17, 15) is 18.0 Å². The lowest BCUT2D eigenvalue weighted by Gasteiger charge is -2.30. The van der Waals surface area contributed by atoms with E-state index in [-0.39, 0.29) is 11.8 Å². The van der Waals surface area contributed by atoms with Crippen LogP contribution in [0.4, 0.5) is 18.9 Å². The zero-order valence-corrected chi connectivity index (χ0v) is 19.8. The van der Waals surface area contributed by atoms with Gasteiger partial charge in [-0.3, -0.25) is 4.79 Å². The lowest BCUT2D eigenvalue weighted by Crippen LogP contribution is -2.37. The zero-order valence-electron chi connectivity index (χ0n) is 19.8. The fourth-order valence-electron chi connectivity index (χ4n) is 4.53. The molecule has 2 aromatic heterocycles. The molecule has 0 atom stereocenters. The van der Waals surface area contributed by atoms with Crippen LogP contribution in [0.1, 0.15) is 34.3 Å². The van der Waals surface area contributed by atoms with Crippen LogP contribution in [-0.4, -0.2) is 35.3 Å². The number of benzene rings is 2. The molecule has 1 amide bonds. The molecule has 2 aromatic carbocycles. The number of amides is 1. The molecule has 0 bridgehead atoms. The van der Waals surface area contributed by atoms with Gasteiger partial charge in [-0.1, -0.05) is 12.1 Å². The average Bonchev–Trinajstić information content (AvgIpc) is 3.35. The minimum absolute atomic E-state index is 0.198. The minimum Gasteiger partial charge on any atom is -0.381 e. The highest BCUT2D eigenvalue weighted by Crippen LogP contribution is 2.33. The number of halogens is 3. The summed E-state index contributed by atoms with van der Waals surface area (Å²) in [7, 11) is 0. The van der Waals surface area contributed by atoms with Crippen molar-refractivity contribution < 1.29 is 22.7 Å². The second-order valence-electron chi connectivity index (χ2n) is 9.01. The van der Waals surface area contributed by atoms with E-state index in [4.69, 9.17) is 10.00 Å². The SMILES string of the molecule is N#Cc1ccc(C(=O)N(CC2CCOCC2)c2ccn3ncc(-c4ccc(C(F)(F)F)cc4)c3c2)cc1. The Morgan fingerprint density at radius 1 is 1.08 bits per heavy atom. The van der Waals surface area contributed by atoms with Crippen LogP contribution in [0.15, 0.2) is 73.1 Å². The molecule has 4 aromatic rings. The summed E-state index contributed by atoms with van der Waals surface area (Å²) < 4.78 is 46.2. The molecule has 3 heterocycles. The third-order valence-electron chi connectivity index (χ3n) is 6.63. The first-order valence-electron chi connectivity index (χ1n) is 11.9. The van der Waals surface area contributed by atoms with Crippen molar-refractivity contribution in [2.75, 3.05) is 24.7 Å². The number of pyridine rings is 1. The molecule has 0 N–H and O–H groups in total. The molecule has 1 aliphatic heterocycles. The van der Waals surface area contributed by atoms with E-state index in [0.717, 1.165) is 25.0 Å². The van der Waals surface area contributed by atoms with Crippen molar-refractivity contribution in [1.82, 2.24) is 9.61 Å². The number of anilines is 1. The molecular formula is C28H23F3N4O2. The second kappa shape index (κ2) is 10.1. The Labute approximate surface area is 211 Å². The van der Waals surface area contributed by atoms with Crippen LogP contribution in [0, 0.1) is 17.2 Å². The maximum absolute atomic E-state index is 13.7. The molecule has 0 aliphatic carbocycles. The van der Waals surface area contributed by atoms with Gasteiger partial charge in [0.25, 0.3) is 5.91 Å². The summed E-state index contributed by atoms with van der Waals surface area (Å²) in [6.07, 6.45) is 0.600. The topological polar surface area (TPSA) is 70.6 Å². The van der Waals surface area contributed by atoms with Gasteiger partial charge in [-0.15, -0.1) is 0 Å². The quantitative estimate of drug-likeness (QED) is 0.336. The van der Waals surface area contributed by atoms with Crippen LogP contribution < -0.4 is 4.90 Å². The molecular weight excluding hydrogens is 481 g/mol. The fraction of sp³-hybridized carbons (Fsp3) is 0.250. The van der Waals surface area contributed by atoms with E-state index in [2.05, 4.69) is 11.2 Å². The third-order valence-corrected chi connectivity index (χ3v) is 6.63. The van der Waals surface area contributed by atoms with Gasteiger partial charge in [0, 0.05) is 42.8 Å². The molecule has 0 radical (unpaired) electrons. The van der Waals surface area contributed by atoms with Gasteiger partial charge in [-0.2, -0.15) is 23.5 Å². The standard InChI is InChI=1S/C28H23F3N4O2/c29-28(30,31)23-7-5-21(6-8-23)25-17-33-35-12-9-24(15-26(25)35)34(18-20-10-13-37-14-11-20)27(36)22-3-1-19(16-32)2-4-22/h1-9,12,15,17,20H,10-11,13-14,18H2. The van der Waals surface area contributed by atoms with Crippen LogP contribution >= 0.6 is 0 Å². The largest absolute Gasteiger partial charge is 0.416 e. The predicted octanol–water partition coefficient (Wildman–Crippen LogP) is 5.97. The first-order valence-corrected chi connectivity index (χ1v) is 11.9. The number of hydrogen-bond acceptors (Lipinski definition) is 4. The van der Waals surface area contributed by atoms with Gasteiger partial charge in [-0.05, 0) is 72.9 Å². The summed E-state index contributed by atoms with van der Waals surface area (Å²) in [5.41, 5.74) is 2.78. The average molecular weight is 505 g/mol. The molecule has 37 heavy (non-hydrogen) atoms. The summed E-state index contributed by atoms with van der Waals surface area (Å²) in [5.74, 6) is 0.0579. The molecule has 1 fully saturated rings. The zero-order chi connectivity index (χ0) is 26.0. The maximum atomic E-state index is 13.7. The third kappa shape index (κ3) is 5.20. The first kappa shape index (κ1) is 24.5. The number of ether oxygens (including phenoxy) is 1. The molecule has 1 aliphatic rings. The first-order chi connectivity index (χ1) is 17.8. The van der Waals surface area contributed by atoms with Gasteiger partial charge < -0.3 is 9.64 Å². The van der Waals surface area contributed by atoms with Crippen molar-refractivity contribution in [2.45, 2.75) is 19.0 Å². The number of nitrogens with zero attached hydrogens (tertiary/aromatic N) is 4. The summed E-state index contributed by atoms with van der Waals surface area (Å²) in [4.78, 5) is 15.4. The van der Waals surface area contributed by atoms with Crippen molar-refractivity contribution in [3.05, 3.63) is 89.7 Å². The Bertz CT molecular complexity index is 1450. The fourth-order valence-corrected chi connectivity index (χ4v) is 4.53. The molecule has 5 rings (SSSR count). The minimum atomic E-state index is -4.41. The Hall–Kier alpha value is -4.16. The Kier molecular flexibility index (Phi) is 6.68. The molecule has 0 unspecified atom stereocenters. The number of rotatable bonds is 5. The summed E-state index contributed by atoms with van der Waals surface area (Å²) in [6.45, 7) is 1.77. The van der Waals surface area contributed by atoms with Gasteiger partial charge in [0.2, 0.25) is 0 Å². The summed E-state index contributed by atoms with van der Waals surface area (Å²) in [6, 6.07) is 17.2. The smallest absolute Gasteiger partial charge is 0.381 e. The van der Waals surface area contributed by atoms with Crippen LogP contribution in [0.25, 0.3) is 16.6 Å². The maximum Gasteiger partial charge on any atom is 0.416 e. The number of fused-ring (bicyclic) bond motifs is 1. The van der Waals surface area contributed by atoms with Crippen LogP contribution in [0.5, 0.6) is 0 Å². The lowest BCUT2D eigenvalue weighted by molar-refractivity contribution is -0.137. The van der Waals surface area contributed by atoms with E-state index in [0.29, 0.717) is 53.2 Å². The van der Waals surface area contributed by atoms with Crippen molar-refractivity contribution in [1.29, 1.82) is 5.26 Å². The molecule has 0 saturated carbocycles. The number of aromatic nitrogens is 2. The van der Waals surface area contributed by atoms with E-state index >= 15 is 0 Å². The number of carbonyl (C=O) groups excluding carboxylic acids is 1. The van der Waals surface area contributed by atoms with Gasteiger partial charge >= 0.3 is 6.18 Å².